The van der Waals surface area contributed by atoms with Crippen molar-refractivity contribution in [3.63, 3.8) is 0 Å². The van der Waals surface area contributed by atoms with Crippen LogP contribution in [0.2, 0.25) is 10.0 Å². The molecule has 0 unspecified atom stereocenters. The number of nitrogens with one attached hydrogen (secondary N) is 1. The summed E-state index contributed by atoms with van der Waals surface area (Å²) in [5, 5.41) is 4.69. The Labute approximate surface area is 203 Å². The Kier molecular flexibility index (Phi) is 9.16. The molecule has 170 valence electrons. The minimum absolute atomic E-state index is 0.0558. The van der Waals surface area contributed by atoms with E-state index in [2.05, 4.69) is 26.5 Å². The molecule has 3 rings (SSSR count). The molecule has 1 N–H and O–H groups in total. The number of hydrazone groups is 1. The summed E-state index contributed by atoms with van der Waals surface area (Å²) in [5.74, 6) is 0.339. The first-order valence-corrected chi connectivity index (χ1v) is 11.1. The quantitative estimate of drug-likeness (QED) is 0.405. The van der Waals surface area contributed by atoms with E-state index in [9.17, 15) is 9.59 Å². The summed E-state index contributed by atoms with van der Waals surface area (Å²) in [6.07, 6.45) is 1.47. The van der Waals surface area contributed by atoms with E-state index in [-0.39, 0.29) is 19.1 Å². The van der Waals surface area contributed by atoms with Gasteiger partial charge in [0.2, 0.25) is 0 Å². The van der Waals surface area contributed by atoms with Crippen molar-refractivity contribution in [1.82, 2.24) is 10.3 Å². The summed E-state index contributed by atoms with van der Waals surface area (Å²) in [6, 6.07) is 9.94. The molecule has 1 fully saturated rings. The third-order valence-corrected chi connectivity index (χ3v) is 5.48. The minimum Gasteiger partial charge on any atom is -0.483 e. The Bertz CT molecular complexity index is 999. The van der Waals surface area contributed by atoms with Gasteiger partial charge in [-0.2, -0.15) is 5.10 Å². The molecule has 8 nitrogen and oxygen atoms in total. The van der Waals surface area contributed by atoms with E-state index >= 15 is 0 Å². The molecule has 2 amide bonds. The molecule has 0 aliphatic carbocycles. The summed E-state index contributed by atoms with van der Waals surface area (Å²) in [6.45, 7) is 1.92. The monoisotopic (exact) mass is 543 g/mol. The summed E-state index contributed by atoms with van der Waals surface area (Å²) in [4.78, 5) is 25.8. The second-order valence-corrected chi connectivity index (χ2v) is 8.33. The molecule has 0 spiro atoms. The highest BCUT2D eigenvalue weighted by Gasteiger charge is 2.17. The van der Waals surface area contributed by atoms with Gasteiger partial charge in [0, 0.05) is 18.1 Å². The van der Waals surface area contributed by atoms with Crippen molar-refractivity contribution in [2.45, 2.75) is 0 Å². The molecule has 0 aromatic heterocycles. The van der Waals surface area contributed by atoms with Gasteiger partial charge in [0.05, 0.1) is 28.9 Å². The van der Waals surface area contributed by atoms with Crippen molar-refractivity contribution >= 4 is 57.2 Å². The topological polar surface area (TPSA) is 89.5 Å². The summed E-state index contributed by atoms with van der Waals surface area (Å²) < 4.78 is 16.8. The number of hydrogen-bond acceptors (Lipinski definition) is 6. The van der Waals surface area contributed by atoms with Gasteiger partial charge in [0.25, 0.3) is 11.8 Å². The van der Waals surface area contributed by atoms with E-state index in [0.29, 0.717) is 57.9 Å². The molecule has 11 heteroatoms. The molecule has 1 aliphatic heterocycles. The van der Waals surface area contributed by atoms with Gasteiger partial charge < -0.3 is 19.1 Å². The number of carbonyl (C=O) groups excluding carboxylic acids is 2. The summed E-state index contributed by atoms with van der Waals surface area (Å²) in [5.41, 5.74) is 3.09. The molecule has 0 radical (unpaired) electrons. The Balaban J connectivity index is 1.44. The molecule has 1 saturated heterocycles. The van der Waals surface area contributed by atoms with E-state index in [0.717, 1.165) is 0 Å². The number of morpholine rings is 1. The van der Waals surface area contributed by atoms with E-state index in [1.54, 1.807) is 35.2 Å². The zero-order valence-electron chi connectivity index (χ0n) is 16.9. The predicted molar refractivity (Wildman–Crippen MR) is 125 cm³/mol. The largest absolute Gasteiger partial charge is 0.483 e. The van der Waals surface area contributed by atoms with E-state index in [1.807, 2.05) is 0 Å². The molecule has 0 bridgehead atoms. The number of amides is 2. The fraction of sp³-hybridized carbons (Fsp3) is 0.286. The smallest absolute Gasteiger partial charge is 0.277 e. The normalized spacial score (nSPS) is 13.8. The van der Waals surface area contributed by atoms with Crippen molar-refractivity contribution in [3.05, 3.63) is 56.5 Å². The summed E-state index contributed by atoms with van der Waals surface area (Å²) >= 11 is 15.2. The molecule has 1 aliphatic rings. The molecular weight excluding hydrogens is 525 g/mol. The molecule has 32 heavy (non-hydrogen) atoms. The molecule has 2 aromatic rings. The Morgan fingerprint density at radius 3 is 2.53 bits per heavy atom. The van der Waals surface area contributed by atoms with Gasteiger partial charge in [-0.05, 0) is 57.9 Å². The van der Waals surface area contributed by atoms with Crippen LogP contribution in [0, 0.1) is 0 Å². The van der Waals surface area contributed by atoms with Crippen LogP contribution in [0.4, 0.5) is 0 Å². The zero-order chi connectivity index (χ0) is 22.9. The van der Waals surface area contributed by atoms with Gasteiger partial charge in [0.1, 0.15) is 11.5 Å². The van der Waals surface area contributed by atoms with Gasteiger partial charge in [0.15, 0.2) is 13.2 Å². The van der Waals surface area contributed by atoms with Crippen LogP contribution in [0.5, 0.6) is 11.5 Å². The predicted octanol–water partition coefficient (Wildman–Crippen LogP) is 3.52. The lowest BCUT2D eigenvalue weighted by Gasteiger charge is -2.26. The molecule has 2 aromatic carbocycles. The summed E-state index contributed by atoms with van der Waals surface area (Å²) in [7, 11) is 0. The van der Waals surface area contributed by atoms with Gasteiger partial charge >= 0.3 is 0 Å². The van der Waals surface area contributed by atoms with Crippen molar-refractivity contribution in [1.29, 1.82) is 0 Å². The SMILES string of the molecule is O=C(COc1ccc(Cl)cc1Cl)N/N=C/c1ccc(OCC(=O)N2CCOCC2)c(Br)c1. The lowest BCUT2D eigenvalue weighted by atomic mass is 10.2. The molecule has 0 atom stereocenters. The van der Waals surface area contributed by atoms with Crippen molar-refractivity contribution in [3.8, 4) is 11.5 Å². The number of nitrogens with zero attached hydrogens (tertiary/aromatic N) is 2. The molecular formula is C21H20BrCl2N3O5. The first-order chi connectivity index (χ1) is 15.4. The average molecular weight is 545 g/mol. The second-order valence-electron chi connectivity index (χ2n) is 6.63. The third-order valence-electron chi connectivity index (χ3n) is 4.33. The van der Waals surface area contributed by atoms with Crippen LogP contribution in [-0.2, 0) is 14.3 Å². The number of rotatable bonds is 8. The van der Waals surface area contributed by atoms with Crippen LogP contribution in [0.15, 0.2) is 46.0 Å². The van der Waals surface area contributed by atoms with E-state index in [1.165, 1.54) is 12.3 Å². The van der Waals surface area contributed by atoms with Crippen LogP contribution in [0.25, 0.3) is 0 Å². The van der Waals surface area contributed by atoms with Crippen molar-refractivity contribution in [2.75, 3.05) is 39.5 Å². The maximum absolute atomic E-state index is 12.2. The van der Waals surface area contributed by atoms with Crippen LogP contribution in [0.1, 0.15) is 5.56 Å². The number of hydrogen-bond donors (Lipinski definition) is 1. The van der Waals surface area contributed by atoms with Crippen molar-refractivity contribution < 1.29 is 23.8 Å². The maximum Gasteiger partial charge on any atom is 0.277 e. The van der Waals surface area contributed by atoms with E-state index < -0.39 is 5.91 Å². The minimum atomic E-state index is -0.451. The fourth-order valence-electron chi connectivity index (χ4n) is 2.70. The Morgan fingerprint density at radius 2 is 1.81 bits per heavy atom. The van der Waals surface area contributed by atoms with Crippen LogP contribution < -0.4 is 14.9 Å². The zero-order valence-corrected chi connectivity index (χ0v) is 20.0. The van der Waals surface area contributed by atoms with Gasteiger partial charge in [-0.3, -0.25) is 9.59 Å². The van der Waals surface area contributed by atoms with Crippen LogP contribution in [0.3, 0.4) is 0 Å². The number of ether oxygens (including phenoxy) is 3. The third kappa shape index (κ3) is 7.37. The first kappa shape index (κ1) is 24.3. The van der Waals surface area contributed by atoms with Crippen LogP contribution >= 0.6 is 39.1 Å². The Hall–Kier alpha value is -2.33. The average Bonchev–Trinajstić information content (AvgIpc) is 2.78. The number of halogens is 3. The fourth-order valence-corrected chi connectivity index (χ4v) is 3.68. The lowest BCUT2D eigenvalue weighted by molar-refractivity contribution is -0.137. The van der Waals surface area contributed by atoms with Crippen molar-refractivity contribution in [2.24, 2.45) is 5.10 Å². The standard InChI is InChI=1S/C21H20BrCl2N3O5/c22-16-9-14(1-3-18(16)32-13-21(29)27-5-7-30-8-6-27)11-25-26-20(28)12-31-19-4-2-15(23)10-17(19)24/h1-4,9-11H,5-8,12-13H2,(H,26,28)/b25-11+. The highest BCUT2D eigenvalue weighted by Crippen LogP contribution is 2.27. The number of carbonyl (C=O) groups is 2. The van der Waals surface area contributed by atoms with Gasteiger partial charge in [-0.15, -0.1) is 0 Å². The lowest BCUT2D eigenvalue weighted by Crippen LogP contribution is -2.43. The maximum atomic E-state index is 12.2. The first-order valence-electron chi connectivity index (χ1n) is 9.60. The van der Waals surface area contributed by atoms with Crippen LogP contribution in [-0.4, -0.2) is 62.4 Å². The highest BCUT2D eigenvalue weighted by molar-refractivity contribution is 9.10. The van der Waals surface area contributed by atoms with Gasteiger partial charge in [-0.25, -0.2) is 5.43 Å². The number of benzene rings is 2. The molecule has 1 heterocycles. The van der Waals surface area contributed by atoms with Gasteiger partial charge in [-0.1, -0.05) is 23.2 Å². The highest BCUT2D eigenvalue weighted by atomic mass is 79.9. The Morgan fingerprint density at radius 1 is 1.09 bits per heavy atom. The van der Waals surface area contributed by atoms with E-state index in [4.69, 9.17) is 37.4 Å². The second kappa shape index (κ2) is 12.1. The molecule has 0 saturated carbocycles.